The molecule has 3 aromatic rings. The number of carbonyl (C=O) groups is 1. The molecule has 25 heavy (non-hydrogen) atoms. The molecule has 6 heteroatoms. The summed E-state index contributed by atoms with van der Waals surface area (Å²) in [5, 5.41) is 14.7. The minimum Gasteiger partial charge on any atom is -0.384 e. The lowest BCUT2D eigenvalue weighted by Crippen LogP contribution is -2.26. The highest BCUT2D eigenvalue weighted by Crippen LogP contribution is 2.23. The SMILES string of the molecule is O=C(Cc1ccc2c(c1)NCC2)NCCCc1nnc2ccccn12. The van der Waals surface area contributed by atoms with Crippen LogP contribution >= 0.6 is 0 Å². The second-order valence-electron chi connectivity index (χ2n) is 6.34. The summed E-state index contributed by atoms with van der Waals surface area (Å²) in [5.74, 6) is 0.985. The largest absolute Gasteiger partial charge is 0.384 e. The third-order valence-corrected chi connectivity index (χ3v) is 4.53. The van der Waals surface area contributed by atoms with Crippen LogP contribution in [0.4, 0.5) is 5.69 Å². The summed E-state index contributed by atoms with van der Waals surface area (Å²) < 4.78 is 1.99. The van der Waals surface area contributed by atoms with Crippen LogP contribution in [-0.2, 0) is 24.1 Å². The zero-order valence-corrected chi connectivity index (χ0v) is 14.0. The van der Waals surface area contributed by atoms with Gasteiger partial charge in [-0.15, -0.1) is 10.2 Å². The number of aromatic nitrogens is 3. The van der Waals surface area contributed by atoms with Crippen molar-refractivity contribution >= 4 is 17.2 Å². The first-order chi connectivity index (χ1) is 12.3. The molecular formula is C19H21N5O. The molecule has 0 saturated carbocycles. The molecule has 128 valence electrons. The molecule has 4 rings (SSSR count). The summed E-state index contributed by atoms with van der Waals surface area (Å²) in [4.78, 5) is 12.1. The fraction of sp³-hybridized carbons (Fsp3) is 0.316. The lowest BCUT2D eigenvalue weighted by molar-refractivity contribution is -0.120. The van der Waals surface area contributed by atoms with E-state index in [0.717, 1.165) is 42.8 Å². The Morgan fingerprint density at radius 1 is 1.24 bits per heavy atom. The number of nitrogens with one attached hydrogen (secondary N) is 2. The second-order valence-corrected chi connectivity index (χ2v) is 6.34. The van der Waals surface area contributed by atoms with Crippen molar-refractivity contribution in [3.63, 3.8) is 0 Å². The highest BCUT2D eigenvalue weighted by molar-refractivity contribution is 5.79. The van der Waals surface area contributed by atoms with Crippen LogP contribution in [0.2, 0.25) is 0 Å². The van der Waals surface area contributed by atoms with Crippen LogP contribution < -0.4 is 10.6 Å². The average molecular weight is 335 g/mol. The molecule has 3 heterocycles. The Kier molecular flexibility index (Phi) is 4.33. The maximum atomic E-state index is 12.1. The van der Waals surface area contributed by atoms with Crippen molar-refractivity contribution in [2.75, 3.05) is 18.4 Å². The van der Waals surface area contributed by atoms with Gasteiger partial charge in [0.25, 0.3) is 0 Å². The van der Waals surface area contributed by atoms with Crippen molar-refractivity contribution in [1.29, 1.82) is 0 Å². The summed E-state index contributed by atoms with van der Waals surface area (Å²) in [6.45, 7) is 1.63. The summed E-state index contributed by atoms with van der Waals surface area (Å²) in [5.41, 5.74) is 4.41. The number of fused-ring (bicyclic) bond motifs is 2. The third-order valence-electron chi connectivity index (χ3n) is 4.53. The van der Waals surface area contributed by atoms with Crippen molar-refractivity contribution in [1.82, 2.24) is 19.9 Å². The third kappa shape index (κ3) is 3.47. The molecule has 1 aliphatic heterocycles. The Morgan fingerprint density at radius 2 is 2.20 bits per heavy atom. The van der Waals surface area contributed by atoms with Gasteiger partial charge < -0.3 is 10.6 Å². The number of benzene rings is 1. The molecule has 0 atom stereocenters. The lowest BCUT2D eigenvalue weighted by atomic mass is 10.1. The van der Waals surface area contributed by atoms with Crippen LogP contribution in [0.15, 0.2) is 42.6 Å². The molecule has 1 amide bonds. The van der Waals surface area contributed by atoms with E-state index in [1.807, 2.05) is 34.9 Å². The van der Waals surface area contributed by atoms with Gasteiger partial charge in [-0.1, -0.05) is 18.2 Å². The Labute approximate surface area is 146 Å². The van der Waals surface area contributed by atoms with Gasteiger partial charge in [-0.05, 0) is 42.2 Å². The standard InChI is InChI=1S/C19H21N5O/c25-19(13-14-6-7-15-8-10-20-16(15)12-14)21-9-3-5-18-23-22-17-4-1-2-11-24(17)18/h1-2,4,6-7,11-12,20H,3,5,8-10,13H2,(H,21,25). The molecule has 2 N–H and O–H groups in total. The zero-order valence-electron chi connectivity index (χ0n) is 14.0. The van der Waals surface area contributed by atoms with Gasteiger partial charge >= 0.3 is 0 Å². The van der Waals surface area contributed by atoms with Crippen LogP contribution in [0.25, 0.3) is 5.65 Å². The Bertz CT molecular complexity index is 902. The van der Waals surface area contributed by atoms with Gasteiger partial charge in [-0.2, -0.15) is 0 Å². The first-order valence-corrected chi connectivity index (χ1v) is 8.70. The van der Waals surface area contributed by atoms with Crippen molar-refractivity contribution in [3.05, 3.63) is 59.5 Å². The van der Waals surface area contributed by atoms with Crippen molar-refractivity contribution in [3.8, 4) is 0 Å². The van der Waals surface area contributed by atoms with Gasteiger partial charge in [-0.3, -0.25) is 9.20 Å². The fourth-order valence-corrected chi connectivity index (χ4v) is 3.23. The first-order valence-electron chi connectivity index (χ1n) is 8.70. The Hall–Kier alpha value is -2.89. The van der Waals surface area contributed by atoms with Gasteiger partial charge in [-0.25, -0.2) is 0 Å². The zero-order chi connectivity index (χ0) is 17.1. The summed E-state index contributed by atoms with van der Waals surface area (Å²) in [6.07, 6.45) is 5.08. The monoisotopic (exact) mass is 335 g/mol. The van der Waals surface area contributed by atoms with Crippen LogP contribution in [0, 0.1) is 0 Å². The molecule has 1 aliphatic rings. The van der Waals surface area contributed by atoms with Crippen LogP contribution in [0.3, 0.4) is 0 Å². The minimum absolute atomic E-state index is 0.0593. The predicted molar refractivity (Wildman–Crippen MR) is 96.7 cm³/mol. The van der Waals surface area contributed by atoms with E-state index in [0.29, 0.717) is 13.0 Å². The summed E-state index contributed by atoms with van der Waals surface area (Å²) in [7, 11) is 0. The number of anilines is 1. The van der Waals surface area contributed by atoms with E-state index < -0.39 is 0 Å². The highest BCUT2D eigenvalue weighted by Gasteiger charge is 2.11. The molecule has 0 fully saturated rings. The molecule has 0 bridgehead atoms. The Balaban J connectivity index is 1.25. The number of rotatable bonds is 6. The highest BCUT2D eigenvalue weighted by atomic mass is 16.1. The summed E-state index contributed by atoms with van der Waals surface area (Å²) in [6, 6.07) is 12.1. The van der Waals surface area contributed by atoms with E-state index in [9.17, 15) is 4.79 Å². The quantitative estimate of drug-likeness (QED) is 0.676. The van der Waals surface area contributed by atoms with E-state index in [4.69, 9.17) is 0 Å². The molecule has 1 aromatic carbocycles. The maximum Gasteiger partial charge on any atom is 0.224 e. The number of pyridine rings is 1. The van der Waals surface area contributed by atoms with E-state index >= 15 is 0 Å². The van der Waals surface area contributed by atoms with Gasteiger partial charge in [0.05, 0.1) is 6.42 Å². The van der Waals surface area contributed by atoms with Crippen LogP contribution in [0.1, 0.15) is 23.4 Å². The number of hydrogen-bond donors (Lipinski definition) is 2. The second kappa shape index (κ2) is 6.93. The van der Waals surface area contributed by atoms with Gasteiger partial charge in [0.15, 0.2) is 5.65 Å². The van der Waals surface area contributed by atoms with E-state index in [1.54, 1.807) is 0 Å². The molecule has 0 spiro atoms. The van der Waals surface area contributed by atoms with Crippen molar-refractivity contribution < 1.29 is 4.79 Å². The smallest absolute Gasteiger partial charge is 0.224 e. The molecule has 0 aliphatic carbocycles. The maximum absolute atomic E-state index is 12.1. The van der Waals surface area contributed by atoms with Crippen molar-refractivity contribution in [2.24, 2.45) is 0 Å². The molecule has 0 radical (unpaired) electrons. The molecule has 0 saturated heterocycles. The normalized spacial score (nSPS) is 12.8. The minimum atomic E-state index is 0.0593. The predicted octanol–water partition coefficient (Wildman–Crippen LogP) is 1.99. The van der Waals surface area contributed by atoms with E-state index in [1.165, 1.54) is 11.3 Å². The molecular weight excluding hydrogens is 314 g/mol. The molecule has 6 nitrogen and oxygen atoms in total. The van der Waals surface area contributed by atoms with Gasteiger partial charge in [0, 0.05) is 31.4 Å². The number of carbonyl (C=O) groups excluding carboxylic acids is 1. The van der Waals surface area contributed by atoms with Gasteiger partial charge in [0.1, 0.15) is 5.82 Å². The fourth-order valence-electron chi connectivity index (χ4n) is 3.23. The number of aryl methyl sites for hydroxylation is 1. The molecule has 2 aromatic heterocycles. The van der Waals surface area contributed by atoms with Crippen molar-refractivity contribution in [2.45, 2.75) is 25.7 Å². The number of nitrogens with zero attached hydrogens (tertiary/aromatic N) is 3. The van der Waals surface area contributed by atoms with E-state index in [-0.39, 0.29) is 5.91 Å². The van der Waals surface area contributed by atoms with Crippen LogP contribution in [0.5, 0.6) is 0 Å². The number of hydrogen-bond acceptors (Lipinski definition) is 4. The lowest BCUT2D eigenvalue weighted by Gasteiger charge is -2.07. The average Bonchev–Trinajstić information content (AvgIpc) is 3.25. The molecule has 0 unspecified atom stereocenters. The van der Waals surface area contributed by atoms with Crippen LogP contribution in [-0.4, -0.2) is 33.6 Å². The number of amides is 1. The van der Waals surface area contributed by atoms with E-state index in [2.05, 4.69) is 33.0 Å². The first kappa shape index (κ1) is 15.6. The Morgan fingerprint density at radius 3 is 3.16 bits per heavy atom. The van der Waals surface area contributed by atoms with Gasteiger partial charge in [0.2, 0.25) is 5.91 Å². The summed E-state index contributed by atoms with van der Waals surface area (Å²) >= 11 is 0. The topological polar surface area (TPSA) is 71.3 Å².